The van der Waals surface area contributed by atoms with Crippen molar-refractivity contribution < 1.29 is 4.79 Å². The fourth-order valence-corrected chi connectivity index (χ4v) is 2.80. The highest BCUT2D eigenvalue weighted by atomic mass is 16.1. The number of hydrogen-bond donors (Lipinski definition) is 1. The summed E-state index contributed by atoms with van der Waals surface area (Å²) < 4.78 is 1.80. The van der Waals surface area contributed by atoms with Crippen LogP contribution in [0.5, 0.6) is 0 Å². The second-order valence-electron chi connectivity index (χ2n) is 6.19. The van der Waals surface area contributed by atoms with Gasteiger partial charge in [-0.2, -0.15) is 5.10 Å². The standard InChI is InChI=1S/C17H22N4O/c1-12(2)21-11-14(9-18-21)17(22)19-16-6-4-5-13-10-20(3)8-7-15(13)16/h4-6,9,11-12H,7-8,10H2,1-3H3,(H,19,22). The summed E-state index contributed by atoms with van der Waals surface area (Å²) in [5, 5.41) is 7.27. The number of amides is 1. The maximum absolute atomic E-state index is 12.4. The summed E-state index contributed by atoms with van der Waals surface area (Å²) in [6, 6.07) is 6.37. The van der Waals surface area contributed by atoms with Crippen LogP contribution in [0.2, 0.25) is 0 Å². The van der Waals surface area contributed by atoms with E-state index in [-0.39, 0.29) is 11.9 Å². The number of likely N-dealkylation sites (N-methyl/N-ethyl adjacent to an activating group) is 1. The second-order valence-corrected chi connectivity index (χ2v) is 6.19. The fraction of sp³-hybridized carbons (Fsp3) is 0.412. The molecule has 5 nitrogen and oxygen atoms in total. The molecule has 0 fully saturated rings. The number of carbonyl (C=O) groups is 1. The van der Waals surface area contributed by atoms with Gasteiger partial charge in [-0.15, -0.1) is 0 Å². The average molecular weight is 298 g/mol. The van der Waals surface area contributed by atoms with Crippen molar-refractivity contribution in [3.05, 3.63) is 47.3 Å². The van der Waals surface area contributed by atoms with E-state index in [2.05, 4.69) is 28.4 Å². The monoisotopic (exact) mass is 298 g/mol. The zero-order chi connectivity index (χ0) is 15.7. The summed E-state index contributed by atoms with van der Waals surface area (Å²) in [6.07, 6.45) is 4.38. The van der Waals surface area contributed by atoms with Gasteiger partial charge in [-0.05, 0) is 44.5 Å². The molecule has 0 aliphatic carbocycles. The molecule has 0 saturated carbocycles. The van der Waals surface area contributed by atoms with Crippen molar-refractivity contribution in [1.29, 1.82) is 0 Å². The van der Waals surface area contributed by atoms with Crippen molar-refractivity contribution >= 4 is 11.6 Å². The number of benzene rings is 1. The first kappa shape index (κ1) is 14.8. The third kappa shape index (κ3) is 2.90. The minimum Gasteiger partial charge on any atom is -0.322 e. The molecule has 1 aliphatic rings. The highest BCUT2D eigenvalue weighted by Crippen LogP contribution is 2.26. The summed E-state index contributed by atoms with van der Waals surface area (Å²) in [5.41, 5.74) is 4.07. The molecule has 1 aromatic carbocycles. The summed E-state index contributed by atoms with van der Waals surface area (Å²) in [4.78, 5) is 14.7. The zero-order valence-electron chi connectivity index (χ0n) is 13.3. The lowest BCUT2D eigenvalue weighted by molar-refractivity contribution is 0.102. The van der Waals surface area contributed by atoms with Gasteiger partial charge in [-0.3, -0.25) is 9.48 Å². The van der Waals surface area contributed by atoms with Crippen molar-refractivity contribution in [2.45, 2.75) is 32.9 Å². The first-order valence-electron chi connectivity index (χ1n) is 7.69. The predicted octanol–water partition coefficient (Wildman–Crippen LogP) is 2.70. The van der Waals surface area contributed by atoms with E-state index in [0.717, 1.165) is 25.2 Å². The number of fused-ring (bicyclic) bond motifs is 1. The van der Waals surface area contributed by atoms with Crippen LogP contribution in [-0.2, 0) is 13.0 Å². The van der Waals surface area contributed by atoms with E-state index in [1.807, 2.05) is 26.0 Å². The molecule has 1 N–H and O–H groups in total. The molecular formula is C17H22N4O. The molecule has 22 heavy (non-hydrogen) atoms. The van der Waals surface area contributed by atoms with Gasteiger partial charge >= 0.3 is 0 Å². The van der Waals surface area contributed by atoms with Gasteiger partial charge in [0.05, 0.1) is 11.8 Å². The number of nitrogens with zero attached hydrogens (tertiary/aromatic N) is 3. The van der Waals surface area contributed by atoms with E-state index >= 15 is 0 Å². The minimum atomic E-state index is -0.0979. The molecule has 1 aliphatic heterocycles. The highest BCUT2D eigenvalue weighted by molar-refractivity contribution is 6.04. The van der Waals surface area contributed by atoms with Crippen LogP contribution in [0.4, 0.5) is 5.69 Å². The maximum atomic E-state index is 12.4. The molecule has 5 heteroatoms. The fourth-order valence-electron chi connectivity index (χ4n) is 2.80. The SMILES string of the molecule is CC(C)n1cc(C(=O)Nc2cccc3c2CCN(C)C3)cn1. The topological polar surface area (TPSA) is 50.2 Å². The third-order valence-corrected chi connectivity index (χ3v) is 4.10. The number of anilines is 1. The van der Waals surface area contributed by atoms with Crippen LogP contribution >= 0.6 is 0 Å². The smallest absolute Gasteiger partial charge is 0.258 e. The molecule has 0 saturated heterocycles. The zero-order valence-corrected chi connectivity index (χ0v) is 13.3. The van der Waals surface area contributed by atoms with Crippen LogP contribution in [0.25, 0.3) is 0 Å². The van der Waals surface area contributed by atoms with Crippen molar-refractivity contribution in [2.24, 2.45) is 0 Å². The normalized spacial score (nSPS) is 14.9. The van der Waals surface area contributed by atoms with Crippen molar-refractivity contribution in [3.8, 4) is 0 Å². The second kappa shape index (κ2) is 5.93. The van der Waals surface area contributed by atoms with Crippen LogP contribution in [0.3, 0.4) is 0 Å². The molecule has 0 atom stereocenters. The Labute approximate surface area is 130 Å². The van der Waals surface area contributed by atoms with E-state index in [9.17, 15) is 4.79 Å². The van der Waals surface area contributed by atoms with Gasteiger partial charge in [0.25, 0.3) is 5.91 Å². The number of hydrogen-bond acceptors (Lipinski definition) is 3. The van der Waals surface area contributed by atoms with Gasteiger partial charge in [0, 0.05) is 31.0 Å². The van der Waals surface area contributed by atoms with E-state index < -0.39 is 0 Å². The van der Waals surface area contributed by atoms with Crippen LogP contribution < -0.4 is 5.32 Å². The van der Waals surface area contributed by atoms with Gasteiger partial charge < -0.3 is 10.2 Å². The first-order chi connectivity index (χ1) is 10.5. The molecule has 1 aromatic heterocycles. The minimum absolute atomic E-state index is 0.0979. The maximum Gasteiger partial charge on any atom is 0.258 e. The Balaban J connectivity index is 1.81. The van der Waals surface area contributed by atoms with E-state index in [1.54, 1.807) is 17.1 Å². The molecule has 0 radical (unpaired) electrons. The van der Waals surface area contributed by atoms with E-state index in [0.29, 0.717) is 5.56 Å². The summed E-state index contributed by atoms with van der Waals surface area (Å²) in [6.45, 7) is 6.03. The highest BCUT2D eigenvalue weighted by Gasteiger charge is 2.18. The lowest BCUT2D eigenvalue weighted by Crippen LogP contribution is -2.27. The molecule has 0 unspecified atom stereocenters. The number of rotatable bonds is 3. The van der Waals surface area contributed by atoms with E-state index in [4.69, 9.17) is 0 Å². The first-order valence-corrected chi connectivity index (χ1v) is 7.69. The lowest BCUT2D eigenvalue weighted by atomic mass is 9.98. The summed E-state index contributed by atoms with van der Waals surface area (Å²) >= 11 is 0. The number of carbonyl (C=O) groups excluding carboxylic acids is 1. The molecule has 1 amide bonds. The van der Waals surface area contributed by atoms with Crippen molar-refractivity contribution in [1.82, 2.24) is 14.7 Å². The Morgan fingerprint density at radius 2 is 2.18 bits per heavy atom. The molecular weight excluding hydrogens is 276 g/mol. The van der Waals surface area contributed by atoms with E-state index in [1.165, 1.54) is 11.1 Å². The Kier molecular flexibility index (Phi) is 3.98. The van der Waals surface area contributed by atoms with Crippen LogP contribution in [0.1, 0.15) is 41.4 Å². The van der Waals surface area contributed by atoms with Gasteiger partial charge in [-0.1, -0.05) is 12.1 Å². The molecule has 2 aromatic rings. The lowest BCUT2D eigenvalue weighted by Gasteiger charge is -2.26. The Hall–Kier alpha value is -2.14. The summed E-state index contributed by atoms with van der Waals surface area (Å²) in [5.74, 6) is -0.0979. The van der Waals surface area contributed by atoms with Gasteiger partial charge in [-0.25, -0.2) is 0 Å². The Morgan fingerprint density at radius 3 is 2.91 bits per heavy atom. The van der Waals surface area contributed by atoms with Crippen molar-refractivity contribution in [2.75, 3.05) is 18.9 Å². The van der Waals surface area contributed by atoms with Crippen LogP contribution in [0, 0.1) is 0 Å². The van der Waals surface area contributed by atoms with Crippen LogP contribution in [-0.4, -0.2) is 34.2 Å². The van der Waals surface area contributed by atoms with Gasteiger partial charge in [0.1, 0.15) is 0 Å². The van der Waals surface area contributed by atoms with Gasteiger partial charge in [0.2, 0.25) is 0 Å². The van der Waals surface area contributed by atoms with Gasteiger partial charge in [0.15, 0.2) is 0 Å². The quantitative estimate of drug-likeness (QED) is 0.948. The number of nitrogens with one attached hydrogen (secondary N) is 1. The summed E-state index contributed by atoms with van der Waals surface area (Å²) in [7, 11) is 2.12. The Bertz CT molecular complexity index is 690. The predicted molar refractivity (Wildman–Crippen MR) is 87.0 cm³/mol. The molecule has 2 heterocycles. The largest absolute Gasteiger partial charge is 0.322 e. The Morgan fingerprint density at radius 1 is 1.36 bits per heavy atom. The number of aromatic nitrogens is 2. The molecule has 0 spiro atoms. The molecule has 116 valence electrons. The molecule has 0 bridgehead atoms. The van der Waals surface area contributed by atoms with Crippen molar-refractivity contribution in [3.63, 3.8) is 0 Å². The van der Waals surface area contributed by atoms with Crippen LogP contribution in [0.15, 0.2) is 30.6 Å². The average Bonchev–Trinajstić information content (AvgIpc) is 2.97. The molecule has 3 rings (SSSR count). The third-order valence-electron chi connectivity index (χ3n) is 4.10.